The zero-order valence-corrected chi connectivity index (χ0v) is 26.4. The highest BCUT2D eigenvalue weighted by Gasteiger charge is 2.25. The number of ether oxygens (including phenoxy) is 3. The summed E-state index contributed by atoms with van der Waals surface area (Å²) in [7, 11) is 0. The van der Waals surface area contributed by atoms with Crippen LogP contribution in [0.1, 0.15) is 59.5 Å². The Morgan fingerprint density at radius 1 is 0.532 bits per heavy atom. The van der Waals surface area contributed by atoms with E-state index in [1.807, 2.05) is 0 Å². The summed E-state index contributed by atoms with van der Waals surface area (Å²) >= 11 is 0. The molecule has 0 aliphatic rings. The van der Waals surface area contributed by atoms with Gasteiger partial charge in [-0.1, -0.05) is 48.5 Å². The summed E-state index contributed by atoms with van der Waals surface area (Å²) in [5, 5.41) is 25.0. The van der Waals surface area contributed by atoms with Crippen molar-refractivity contribution in [2.75, 3.05) is 10.6 Å². The Morgan fingerprint density at radius 3 is 1.15 bits per heavy atom. The minimum atomic E-state index is -1.47. The molecule has 0 fully saturated rings. The van der Waals surface area contributed by atoms with E-state index < -0.39 is 35.0 Å². The molecule has 11 heteroatoms. The molecule has 4 rings (SSSR count). The molecule has 4 aromatic rings. The second kappa shape index (κ2) is 14.7. The average Bonchev–Trinajstić information content (AvgIpc) is 3.03. The molecule has 244 valence electrons. The fourth-order valence-corrected chi connectivity index (χ4v) is 4.17. The monoisotopic (exact) mass is 640 g/mol. The maximum absolute atomic E-state index is 12.2. The lowest BCUT2D eigenvalue weighted by molar-refractivity contribution is 0.0487. The third-order valence-corrected chi connectivity index (χ3v) is 6.72. The molecule has 0 aliphatic carbocycles. The van der Waals surface area contributed by atoms with Gasteiger partial charge in [-0.3, -0.25) is 20.2 Å². The summed E-state index contributed by atoms with van der Waals surface area (Å²) in [6.45, 7) is 5.68. The van der Waals surface area contributed by atoms with Gasteiger partial charge in [0, 0.05) is 22.5 Å². The highest BCUT2D eigenvalue weighted by atomic mass is 16.6. The molecule has 0 bridgehead atoms. The number of benzene rings is 4. The van der Waals surface area contributed by atoms with Gasteiger partial charge in [-0.2, -0.15) is 0 Å². The molecule has 0 atom stereocenters. The van der Waals surface area contributed by atoms with Crippen molar-refractivity contribution in [3.8, 4) is 11.5 Å². The number of hydrogen-bond acceptors (Lipinski definition) is 9. The number of carbonyl (C=O) groups is 4. The molecule has 4 N–H and O–H groups in total. The van der Waals surface area contributed by atoms with Crippen molar-refractivity contribution >= 4 is 35.1 Å². The first-order valence-corrected chi connectivity index (χ1v) is 14.7. The zero-order valence-electron chi connectivity index (χ0n) is 26.4. The maximum Gasteiger partial charge on any atom is 0.411 e. The van der Waals surface area contributed by atoms with E-state index in [2.05, 4.69) is 10.6 Å². The molecule has 47 heavy (non-hydrogen) atoms. The molecule has 0 saturated carbocycles. The SMILES string of the molecule is CC(C)(O)C(=O)c1ccc(COC(=O)Nc2ccc(Oc3ccc(NC(=O)OCc4ccc(C(=O)C(C)(C)O)cc4)cc3)cc2)cc1. The number of carbonyl (C=O) groups excluding carboxylic acids is 4. The number of aliphatic hydroxyl groups is 2. The molecule has 0 unspecified atom stereocenters. The summed E-state index contributed by atoms with van der Waals surface area (Å²) in [6.07, 6.45) is -1.32. The maximum atomic E-state index is 12.2. The first kappa shape index (κ1) is 34.4. The van der Waals surface area contributed by atoms with Gasteiger partial charge in [0.25, 0.3) is 0 Å². The Hall–Kier alpha value is -5.52. The van der Waals surface area contributed by atoms with E-state index in [-0.39, 0.29) is 13.2 Å². The molecule has 0 radical (unpaired) electrons. The smallest absolute Gasteiger partial charge is 0.411 e. The molecule has 4 aromatic carbocycles. The van der Waals surface area contributed by atoms with Gasteiger partial charge in [0.05, 0.1) is 0 Å². The molecule has 0 aromatic heterocycles. The third kappa shape index (κ3) is 10.2. The summed E-state index contributed by atoms with van der Waals surface area (Å²) < 4.78 is 16.3. The van der Waals surface area contributed by atoms with E-state index in [0.29, 0.717) is 45.1 Å². The summed E-state index contributed by atoms with van der Waals surface area (Å²) in [5.41, 5.74) is 0.123. The van der Waals surface area contributed by atoms with E-state index in [1.165, 1.54) is 27.7 Å². The number of rotatable bonds is 12. The van der Waals surface area contributed by atoms with Crippen molar-refractivity contribution < 1.29 is 43.6 Å². The number of Topliss-reactive ketones (excluding diaryl/α,β-unsaturated/α-hetero) is 2. The van der Waals surface area contributed by atoms with E-state index in [0.717, 1.165) is 0 Å². The largest absolute Gasteiger partial charge is 0.457 e. The predicted octanol–water partition coefficient (Wildman–Crippen LogP) is 6.88. The van der Waals surface area contributed by atoms with Gasteiger partial charge in [-0.25, -0.2) is 9.59 Å². The lowest BCUT2D eigenvalue weighted by atomic mass is 9.96. The van der Waals surface area contributed by atoms with Crippen LogP contribution in [0.4, 0.5) is 21.0 Å². The van der Waals surface area contributed by atoms with Crippen molar-refractivity contribution in [2.45, 2.75) is 52.1 Å². The van der Waals surface area contributed by atoms with Gasteiger partial charge < -0.3 is 24.4 Å². The van der Waals surface area contributed by atoms with Crippen LogP contribution >= 0.6 is 0 Å². The zero-order chi connectivity index (χ0) is 34.2. The van der Waals surface area contributed by atoms with Crippen LogP contribution in [0.15, 0.2) is 97.1 Å². The second-order valence-corrected chi connectivity index (χ2v) is 11.7. The van der Waals surface area contributed by atoms with Gasteiger partial charge in [0.15, 0.2) is 11.6 Å². The Kier molecular flexibility index (Phi) is 10.8. The van der Waals surface area contributed by atoms with E-state index in [4.69, 9.17) is 14.2 Å². The molecule has 0 heterocycles. The molecule has 0 spiro atoms. The van der Waals surface area contributed by atoms with Crippen molar-refractivity contribution in [3.05, 3.63) is 119 Å². The van der Waals surface area contributed by atoms with Gasteiger partial charge in [-0.15, -0.1) is 0 Å². The van der Waals surface area contributed by atoms with Gasteiger partial charge >= 0.3 is 12.2 Å². The van der Waals surface area contributed by atoms with Crippen LogP contribution in [0.25, 0.3) is 0 Å². The fourth-order valence-electron chi connectivity index (χ4n) is 4.17. The lowest BCUT2D eigenvalue weighted by Crippen LogP contribution is -2.31. The van der Waals surface area contributed by atoms with Gasteiger partial charge in [-0.05, 0) is 87.4 Å². The number of anilines is 2. The summed E-state index contributed by atoms with van der Waals surface area (Å²) in [4.78, 5) is 48.8. The normalized spacial score (nSPS) is 11.3. The molecule has 0 saturated heterocycles. The van der Waals surface area contributed by atoms with Crippen molar-refractivity contribution in [1.82, 2.24) is 0 Å². The quantitative estimate of drug-likeness (QED) is 0.121. The number of hydrogen-bond donors (Lipinski definition) is 4. The minimum absolute atomic E-state index is 0.00555. The van der Waals surface area contributed by atoms with Crippen LogP contribution in [0.2, 0.25) is 0 Å². The molecular formula is C36H36N2O9. The topological polar surface area (TPSA) is 160 Å². The third-order valence-electron chi connectivity index (χ3n) is 6.72. The molecule has 2 amide bonds. The molecule has 11 nitrogen and oxygen atoms in total. The Bertz CT molecular complexity index is 1570. The first-order valence-electron chi connectivity index (χ1n) is 14.7. The van der Waals surface area contributed by atoms with Crippen LogP contribution in [0, 0.1) is 0 Å². The summed E-state index contributed by atoms with van der Waals surface area (Å²) in [5.74, 6) is 0.228. The van der Waals surface area contributed by atoms with Gasteiger partial charge in [0.2, 0.25) is 0 Å². The lowest BCUT2D eigenvalue weighted by Gasteiger charge is -2.15. The second-order valence-electron chi connectivity index (χ2n) is 11.7. The standard InChI is InChI=1S/C36H36N2O9/c1-35(2,43)31(39)25-9-5-23(6-10-25)21-45-33(41)37-27-13-17-29(18-14-27)47-30-19-15-28(16-20-30)38-34(42)46-22-24-7-11-26(12-8-24)32(40)36(3,4)44/h5-20,43-44H,21-22H2,1-4H3,(H,37,41)(H,38,42). The van der Waals surface area contributed by atoms with Gasteiger partial charge in [0.1, 0.15) is 35.9 Å². The number of ketones is 2. The Balaban J connectivity index is 1.19. The first-order chi connectivity index (χ1) is 22.2. The molecule has 0 aliphatic heterocycles. The van der Waals surface area contributed by atoms with E-state index >= 15 is 0 Å². The molecular weight excluding hydrogens is 604 g/mol. The predicted molar refractivity (Wildman–Crippen MR) is 175 cm³/mol. The van der Waals surface area contributed by atoms with Crippen LogP contribution < -0.4 is 15.4 Å². The van der Waals surface area contributed by atoms with Crippen LogP contribution in [0.3, 0.4) is 0 Å². The minimum Gasteiger partial charge on any atom is -0.457 e. The number of amides is 2. The number of nitrogens with one attached hydrogen (secondary N) is 2. The Labute approximate surface area is 272 Å². The van der Waals surface area contributed by atoms with Crippen molar-refractivity contribution in [1.29, 1.82) is 0 Å². The van der Waals surface area contributed by atoms with Crippen molar-refractivity contribution in [2.24, 2.45) is 0 Å². The highest BCUT2D eigenvalue weighted by molar-refractivity contribution is 6.02. The average molecular weight is 641 g/mol. The van der Waals surface area contributed by atoms with E-state index in [9.17, 15) is 29.4 Å². The van der Waals surface area contributed by atoms with Crippen molar-refractivity contribution in [3.63, 3.8) is 0 Å². The Morgan fingerprint density at radius 2 is 0.851 bits per heavy atom. The van der Waals surface area contributed by atoms with Crippen LogP contribution in [-0.4, -0.2) is 45.2 Å². The van der Waals surface area contributed by atoms with Crippen LogP contribution in [-0.2, 0) is 22.7 Å². The van der Waals surface area contributed by atoms with Crippen LogP contribution in [0.5, 0.6) is 11.5 Å². The fraction of sp³-hybridized carbons (Fsp3) is 0.222. The highest BCUT2D eigenvalue weighted by Crippen LogP contribution is 2.25. The van der Waals surface area contributed by atoms with E-state index in [1.54, 1.807) is 97.1 Å². The summed E-state index contributed by atoms with van der Waals surface area (Å²) in [6, 6.07) is 26.2.